The molecule has 0 aliphatic carbocycles. The zero-order valence-electron chi connectivity index (χ0n) is 7.45. The minimum atomic E-state index is 0.0119. The molecule has 0 saturated heterocycles. The van der Waals surface area contributed by atoms with E-state index in [0.717, 1.165) is 6.54 Å². The van der Waals surface area contributed by atoms with Crippen LogP contribution in [0.3, 0.4) is 0 Å². The topological polar surface area (TPSA) is 48.0 Å². The highest BCUT2D eigenvalue weighted by molar-refractivity contribution is 5.33. The van der Waals surface area contributed by atoms with E-state index in [2.05, 4.69) is 13.8 Å². The number of anilines is 1. The first-order valence-corrected chi connectivity index (χ1v) is 4.05. The summed E-state index contributed by atoms with van der Waals surface area (Å²) in [7, 11) is 0. The molecule has 0 fully saturated rings. The summed E-state index contributed by atoms with van der Waals surface area (Å²) in [5.41, 5.74) is 6.19. The third-order valence-electron chi connectivity index (χ3n) is 1.57. The van der Waals surface area contributed by atoms with Crippen LogP contribution in [0.25, 0.3) is 0 Å². The van der Waals surface area contributed by atoms with Crippen molar-refractivity contribution in [2.24, 2.45) is 5.92 Å². The lowest BCUT2D eigenvalue weighted by Gasteiger charge is -2.08. The average molecular weight is 166 g/mol. The molecule has 0 aliphatic heterocycles. The van der Waals surface area contributed by atoms with Gasteiger partial charge in [-0.2, -0.15) is 0 Å². The van der Waals surface area contributed by atoms with E-state index in [0.29, 0.717) is 11.6 Å². The average Bonchev–Trinajstić information content (AvgIpc) is 1.96. The zero-order chi connectivity index (χ0) is 9.14. The maximum atomic E-state index is 11.2. The van der Waals surface area contributed by atoms with Gasteiger partial charge in [0, 0.05) is 24.5 Å². The highest BCUT2D eigenvalue weighted by Crippen LogP contribution is 2.00. The molecule has 2 N–H and O–H groups in total. The Bertz CT molecular complexity index is 315. The van der Waals surface area contributed by atoms with Crippen LogP contribution in [0.2, 0.25) is 0 Å². The minimum Gasteiger partial charge on any atom is -0.398 e. The summed E-state index contributed by atoms with van der Waals surface area (Å²) in [6.45, 7) is 4.86. The van der Waals surface area contributed by atoms with Crippen molar-refractivity contribution >= 4 is 5.69 Å². The molecule has 3 nitrogen and oxygen atoms in total. The Balaban J connectivity index is 2.98. The van der Waals surface area contributed by atoms with Crippen molar-refractivity contribution in [3.05, 3.63) is 28.7 Å². The van der Waals surface area contributed by atoms with Gasteiger partial charge in [-0.1, -0.05) is 13.8 Å². The maximum Gasteiger partial charge on any atom is 0.250 e. The fourth-order valence-electron chi connectivity index (χ4n) is 1.09. The maximum absolute atomic E-state index is 11.2. The first-order chi connectivity index (χ1) is 5.59. The number of rotatable bonds is 2. The predicted molar refractivity (Wildman–Crippen MR) is 50.0 cm³/mol. The fourth-order valence-corrected chi connectivity index (χ4v) is 1.09. The summed E-state index contributed by atoms with van der Waals surface area (Å²) >= 11 is 0. The van der Waals surface area contributed by atoms with Crippen LogP contribution in [0.15, 0.2) is 23.1 Å². The van der Waals surface area contributed by atoms with Crippen molar-refractivity contribution in [1.82, 2.24) is 4.57 Å². The second-order valence-corrected chi connectivity index (χ2v) is 3.35. The highest BCUT2D eigenvalue weighted by Gasteiger charge is 1.98. The van der Waals surface area contributed by atoms with Crippen molar-refractivity contribution < 1.29 is 0 Å². The van der Waals surface area contributed by atoms with Crippen LogP contribution < -0.4 is 11.3 Å². The Hall–Kier alpha value is -1.25. The van der Waals surface area contributed by atoms with Gasteiger partial charge in [0.1, 0.15) is 0 Å². The SMILES string of the molecule is CC(C)Cn1cc(N)ccc1=O. The number of hydrogen-bond donors (Lipinski definition) is 1. The molecule has 1 aromatic heterocycles. The number of pyridine rings is 1. The van der Waals surface area contributed by atoms with Crippen molar-refractivity contribution in [2.45, 2.75) is 20.4 Å². The molecular weight excluding hydrogens is 152 g/mol. The Morgan fingerprint density at radius 3 is 2.75 bits per heavy atom. The van der Waals surface area contributed by atoms with Gasteiger partial charge in [0.2, 0.25) is 0 Å². The summed E-state index contributed by atoms with van der Waals surface area (Å²) in [4.78, 5) is 11.2. The molecule has 0 saturated carbocycles. The van der Waals surface area contributed by atoms with E-state index in [4.69, 9.17) is 5.73 Å². The quantitative estimate of drug-likeness (QED) is 0.714. The van der Waals surface area contributed by atoms with E-state index >= 15 is 0 Å². The van der Waals surface area contributed by atoms with Crippen LogP contribution in [0.4, 0.5) is 5.69 Å². The highest BCUT2D eigenvalue weighted by atomic mass is 16.1. The van der Waals surface area contributed by atoms with Crippen LogP contribution in [0.1, 0.15) is 13.8 Å². The van der Waals surface area contributed by atoms with Gasteiger partial charge < -0.3 is 10.3 Å². The van der Waals surface area contributed by atoms with Gasteiger partial charge >= 0.3 is 0 Å². The van der Waals surface area contributed by atoms with Gasteiger partial charge in [-0.3, -0.25) is 4.79 Å². The molecule has 1 aromatic rings. The molecule has 0 atom stereocenters. The molecule has 0 spiro atoms. The van der Waals surface area contributed by atoms with E-state index in [-0.39, 0.29) is 5.56 Å². The lowest BCUT2D eigenvalue weighted by molar-refractivity contribution is 0.512. The number of nitrogens with two attached hydrogens (primary N) is 1. The van der Waals surface area contributed by atoms with Crippen LogP contribution in [-0.4, -0.2) is 4.57 Å². The van der Waals surface area contributed by atoms with Gasteiger partial charge in [0.05, 0.1) is 0 Å². The first-order valence-electron chi connectivity index (χ1n) is 4.05. The second-order valence-electron chi connectivity index (χ2n) is 3.35. The van der Waals surface area contributed by atoms with Crippen molar-refractivity contribution in [1.29, 1.82) is 0 Å². The number of aromatic nitrogens is 1. The van der Waals surface area contributed by atoms with E-state index in [1.807, 2.05) is 0 Å². The van der Waals surface area contributed by atoms with Crippen LogP contribution in [-0.2, 0) is 6.54 Å². The predicted octanol–water partition coefficient (Wildman–Crippen LogP) is 1.09. The van der Waals surface area contributed by atoms with Gasteiger partial charge in [-0.25, -0.2) is 0 Å². The van der Waals surface area contributed by atoms with Crippen LogP contribution in [0, 0.1) is 5.92 Å². The summed E-state index contributed by atoms with van der Waals surface area (Å²) < 4.78 is 1.64. The van der Waals surface area contributed by atoms with Crippen molar-refractivity contribution in [2.75, 3.05) is 5.73 Å². The smallest absolute Gasteiger partial charge is 0.250 e. The molecule has 0 aromatic carbocycles. The lowest BCUT2D eigenvalue weighted by atomic mass is 10.2. The molecule has 0 unspecified atom stereocenters. The Labute approximate surface area is 71.8 Å². The summed E-state index contributed by atoms with van der Waals surface area (Å²) in [6.07, 6.45) is 1.68. The first kappa shape index (κ1) is 8.84. The molecule has 1 rings (SSSR count). The zero-order valence-corrected chi connectivity index (χ0v) is 7.45. The van der Waals surface area contributed by atoms with Gasteiger partial charge in [-0.15, -0.1) is 0 Å². The van der Waals surface area contributed by atoms with E-state index in [9.17, 15) is 4.79 Å². The Morgan fingerprint density at radius 1 is 1.50 bits per heavy atom. The molecule has 3 heteroatoms. The summed E-state index contributed by atoms with van der Waals surface area (Å²) in [6, 6.07) is 3.12. The van der Waals surface area contributed by atoms with Gasteiger partial charge in [-0.05, 0) is 12.0 Å². The van der Waals surface area contributed by atoms with Gasteiger partial charge in [0.15, 0.2) is 0 Å². The molecular formula is C9H14N2O. The van der Waals surface area contributed by atoms with E-state index in [1.165, 1.54) is 6.07 Å². The Morgan fingerprint density at radius 2 is 2.17 bits per heavy atom. The third kappa shape index (κ3) is 2.12. The molecule has 0 radical (unpaired) electrons. The largest absolute Gasteiger partial charge is 0.398 e. The molecule has 0 bridgehead atoms. The second kappa shape index (κ2) is 3.43. The van der Waals surface area contributed by atoms with Crippen molar-refractivity contribution in [3.8, 4) is 0 Å². The lowest BCUT2D eigenvalue weighted by Crippen LogP contribution is -2.21. The molecule has 12 heavy (non-hydrogen) atoms. The van der Waals surface area contributed by atoms with Crippen LogP contribution >= 0.6 is 0 Å². The standard InChI is InChI=1S/C9H14N2O/c1-7(2)5-11-6-8(10)3-4-9(11)12/h3-4,6-7H,5,10H2,1-2H3. The molecule has 0 aliphatic rings. The summed E-state index contributed by atoms with van der Waals surface area (Å²) in [5.74, 6) is 0.462. The summed E-state index contributed by atoms with van der Waals surface area (Å²) in [5, 5.41) is 0. The monoisotopic (exact) mass is 166 g/mol. The Kier molecular flexibility index (Phi) is 2.53. The fraction of sp³-hybridized carbons (Fsp3) is 0.444. The number of nitrogens with zero attached hydrogens (tertiary/aromatic N) is 1. The molecule has 0 amide bonds. The molecule has 66 valence electrons. The number of nitrogen functional groups attached to an aromatic ring is 1. The van der Waals surface area contributed by atoms with Gasteiger partial charge in [0.25, 0.3) is 5.56 Å². The van der Waals surface area contributed by atoms with Crippen molar-refractivity contribution in [3.63, 3.8) is 0 Å². The molecule has 1 heterocycles. The third-order valence-corrected chi connectivity index (χ3v) is 1.57. The number of hydrogen-bond acceptors (Lipinski definition) is 2. The normalized spacial score (nSPS) is 10.6. The van der Waals surface area contributed by atoms with Crippen LogP contribution in [0.5, 0.6) is 0 Å². The van der Waals surface area contributed by atoms with E-state index < -0.39 is 0 Å². The minimum absolute atomic E-state index is 0.0119. The van der Waals surface area contributed by atoms with E-state index in [1.54, 1.807) is 16.8 Å².